The van der Waals surface area contributed by atoms with Crippen molar-refractivity contribution in [2.45, 2.75) is 23.1 Å². The van der Waals surface area contributed by atoms with Gasteiger partial charge in [-0.05, 0) is 36.2 Å². The van der Waals surface area contributed by atoms with Crippen molar-refractivity contribution >= 4 is 11.8 Å². The first kappa shape index (κ1) is 12.5. The van der Waals surface area contributed by atoms with E-state index in [-0.39, 0.29) is 5.75 Å². The molecule has 2 aromatic rings. The van der Waals surface area contributed by atoms with Gasteiger partial charge in [0.2, 0.25) is 0 Å². The molecule has 0 saturated carbocycles. The summed E-state index contributed by atoms with van der Waals surface area (Å²) in [6.07, 6.45) is 0.972. The fourth-order valence-corrected chi connectivity index (χ4v) is 2.66. The van der Waals surface area contributed by atoms with E-state index < -0.39 is 0 Å². The van der Waals surface area contributed by atoms with E-state index in [1.54, 1.807) is 18.2 Å². The van der Waals surface area contributed by atoms with Crippen molar-refractivity contribution in [3.8, 4) is 11.8 Å². The highest BCUT2D eigenvalue weighted by molar-refractivity contribution is 7.99. The van der Waals surface area contributed by atoms with Gasteiger partial charge in [-0.2, -0.15) is 5.26 Å². The van der Waals surface area contributed by atoms with Crippen LogP contribution in [0.1, 0.15) is 18.1 Å². The molecule has 0 fully saturated rings. The Morgan fingerprint density at radius 3 is 2.72 bits per heavy atom. The predicted octanol–water partition coefficient (Wildman–Crippen LogP) is 3.98. The number of hydrogen-bond acceptors (Lipinski definition) is 3. The Labute approximate surface area is 111 Å². The molecule has 0 heterocycles. The average Bonchev–Trinajstić information content (AvgIpc) is 2.41. The Kier molecular flexibility index (Phi) is 3.91. The van der Waals surface area contributed by atoms with E-state index in [0.717, 1.165) is 11.3 Å². The number of nitriles is 1. The van der Waals surface area contributed by atoms with Crippen LogP contribution in [0.3, 0.4) is 0 Å². The van der Waals surface area contributed by atoms with Crippen LogP contribution in [-0.2, 0) is 6.42 Å². The fourth-order valence-electron chi connectivity index (χ4n) is 1.67. The summed E-state index contributed by atoms with van der Waals surface area (Å²) in [5, 5.41) is 18.9. The standard InChI is InChI=1S/C15H13NOS/c1-2-11-5-3-7-13(9-11)18-15-12(10-16)6-4-8-14(15)17/h3-9,17H,2H2,1H3. The van der Waals surface area contributed by atoms with Gasteiger partial charge in [0.25, 0.3) is 0 Å². The van der Waals surface area contributed by atoms with E-state index in [2.05, 4.69) is 25.1 Å². The number of hydrogen-bond donors (Lipinski definition) is 1. The van der Waals surface area contributed by atoms with E-state index in [1.165, 1.54) is 17.3 Å². The zero-order chi connectivity index (χ0) is 13.0. The molecule has 0 bridgehead atoms. The molecule has 2 aromatic carbocycles. The number of aryl methyl sites for hydroxylation is 1. The molecule has 0 aliphatic heterocycles. The molecule has 3 heteroatoms. The Balaban J connectivity index is 2.37. The maximum atomic E-state index is 9.84. The monoisotopic (exact) mass is 255 g/mol. The summed E-state index contributed by atoms with van der Waals surface area (Å²) >= 11 is 1.42. The first-order chi connectivity index (χ1) is 8.74. The first-order valence-corrected chi connectivity index (χ1v) is 6.55. The highest BCUT2D eigenvalue weighted by Gasteiger charge is 2.09. The molecular formula is C15H13NOS. The van der Waals surface area contributed by atoms with Crippen LogP contribution in [0.5, 0.6) is 5.75 Å². The molecule has 0 aromatic heterocycles. The van der Waals surface area contributed by atoms with Crippen LogP contribution in [0, 0.1) is 11.3 Å². The zero-order valence-corrected chi connectivity index (χ0v) is 10.9. The predicted molar refractivity (Wildman–Crippen MR) is 72.8 cm³/mol. The van der Waals surface area contributed by atoms with Crippen molar-refractivity contribution in [1.29, 1.82) is 5.26 Å². The van der Waals surface area contributed by atoms with Gasteiger partial charge < -0.3 is 5.11 Å². The van der Waals surface area contributed by atoms with Crippen LogP contribution in [0.4, 0.5) is 0 Å². The molecule has 0 amide bonds. The summed E-state index contributed by atoms with van der Waals surface area (Å²) in [6.45, 7) is 2.10. The minimum Gasteiger partial charge on any atom is -0.507 e. The van der Waals surface area contributed by atoms with Gasteiger partial charge in [-0.15, -0.1) is 0 Å². The molecule has 1 N–H and O–H groups in total. The van der Waals surface area contributed by atoms with Crippen LogP contribution < -0.4 is 0 Å². The molecular weight excluding hydrogens is 242 g/mol. The third-order valence-corrected chi connectivity index (χ3v) is 3.76. The van der Waals surface area contributed by atoms with Gasteiger partial charge in [0.15, 0.2) is 0 Å². The van der Waals surface area contributed by atoms with Gasteiger partial charge in [0.1, 0.15) is 11.8 Å². The van der Waals surface area contributed by atoms with Crippen LogP contribution in [0.2, 0.25) is 0 Å². The maximum Gasteiger partial charge on any atom is 0.130 e. The normalized spacial score (nSPS) is 10.0. The molecule has 90 valence electrons. The van der Waals surface area contributed by atoms with Gasteiger partial charge in [-0.1, -0.05) is 36.9 Å². The average molecular weight is 255 g/mol. The Morgan fingerprint density at radius 2 is 2.00 bits per heavy atom. The van der Waals surface area contributed by atoms with E-state index in [0.29, 0.717) is 10.5 Å². The third-order valence-electron chi connectivity index (χ3n) is 2.64. The van der Waals surface area contributed by atoms with Gasteiger partial charge in [0.05, 0.1) is 10.5 Å². The molecule has 0 unspecified atom stereocenters. The largest absolute Gasteiger partial charge is 0.507 e. The minimum absolute atomic E-state index is 0.154. The zero-order valence-electron chi connectivity index (χ0n) is 10.1. The summed E-state index contributed by atoms with van der Waals surface area (Å²) in [7, 11) is 0. The molecule has 0 atom stereocenters. The molecule has 0 spiro atoms. The number of phenols is 1. The summed E-state index contributed by atoms with van der Waals surface area (Å²) in [6, 6.07) is 15.2. The topological polar surface area (TPSA) is 44.0 Å². The summed E-state index contributed by atoms with van der Waals surface area (Å²) in [5.41, 5.74) is 1.75. The Morgan fingerprint density at radius 1 is 1.22 bits per heavy atom. The lowest BCUT2D eigenvalue weighted by Gasteiger charge is -2.07. The van der Waals surface area contributed by atoms with Crippen LogP contribution in [0.15, 0.2) is 52.3 Å². The Hall–Kier alpha value is -1.92. The highest BCUT2D eigenvalue weighted by Crippen LogP contribution is 2.36. The second kappa shape index (κ2) is 5.61. The molecule has 0 aliphatic carbocycles. The van der Waals surface area contributed by atoms with Crippen molar-refractivity contribution < 1.29 is 5.11 Å². The molecule has 2 nitrogen and oxygen atoms in total. The van der Waals surface area contributed by atoms with Crippen molar-refractivity contribution in [1.82, 2.24) is 0 Å². The second-order valence-corrected chi connectivity index (χ2v) is 4.95. The molecule has 0 radical (unpaired) electrons. The smallest absolute Gasteiger partial charge is 0.130 e. The van der Waals surface area contributed by atoms with Gasteiger partial charge >= 0.3 is 0 Å². The molecule has 18 heavy (non-hydrogen) atoms. The number of rotatable bonds is 3. The minimum atomic E-state index is 0.154. The fraction of sp³-hybridized carbons (Fsp3) is 0.133. The van der Waals surface area contributed by atoms with Crippen molar-refractivity contribution in [3.05, 3.63) is 53.6 Å². The van der Waals surface area contributed by atoms with E-state index in [1.807, 2.05) is 12.1 Å². The third kappa shape index (κ3) is 2.66. The number of aromatic hydroxyl groups is 1. The molecule has 0 aliphatic rings. The first-order valence-electron chi connectivity index (χ1n) is 5.73. The quantitative estimate of drug-likeness (QED) is 0.902. The number of benzene rings is 2. The van der Waals surface area contributed by atoms with Crippen LogP contribution in [-0.4, -0.2) is 5.11 Å². The lowest BCUT2D eigenvalue weighted by Crippen LogP contribution is -1.84. The van der Waals surface area contributed by atoms with Crippen LogP contribution >= 0.6 is 11.8 Å². The van der Waals surface area contributed by atoms with Gasteiger partial charge in [-0.25, -0.2) is 0 Å². The van der Waals surface area contributed by atoms with Gasteiger partial charge in [-0.3, -0.25) is 0 Å². The van der Waals surface area contributed by atoms with E-state index >= 15 is 0 Å². The summed E-state index contributed by atoms with van der Waals surface area (Å²) in [4.78, 5) is 1.65. The van der Waals surface area contributed by atoms with Gasteiger partial charge in [0, 0.05) is 4.90 Å². The molecule has 0 saturated heterocycles. The van der Waals surface area contributed by atoms with E-state index in [9.17, 15) is 5.11 Å². The Bertz CT molecular complexity index is 602. The van der Waals surface area contributed by atoms with Crippen molar-refractivity contribution in [3.63, 3.8) is 0 Å². The second-order valence-electron chi connectivity index (χ2n) is 3.87. The maximum absolute atomic E-state index is 9.84. The number of phenolic OH excluding ortho intramolecular Hbond substituents is 1. The summed E-state index contributed by atoms with van der Waals surface area (Å²) < 4.78 is 0. The number of nitrogens with zero attached hydrogens (tertiary/aromatic N) is 1. The SMILES string of the molecule is CCc1cccc(Sc2c(O)cccc2C#N)c1. The lowest BCUT2D eigenvalue weighted by molar-refractivity contribution is 0.462. The highest BCUT2D eigenvalue weighted by atomic mass is 32.2. The van der Waals surface area contributed by atoms with Crippen molar-refractivity contribution in [2.24, 2.45) is 0 Å². The molecule has 2 rings (SSSR count). The van der Waals surface area contributed by atoms with Crippen LogP contribution in [0.25, 0.3) is 0 Å². The lowest BCUT2D eigenvalue weighted by atomic mass is 10.2. The summed E-state index contributed by atoms with van der Waals surface area (Å²) in [5.74, 6) is 0.154. The van der Waals surface area contributed by atoms with E-state index in [4.69, 9.17) is 5.26 Å². The van der Waals surface area contributed by atoms with Crippen molar-refractivity contribution in [2.75, 3.05) is 0 Å².